The van der Waals surface area contributed by atoms with E-state index in [9.17, 15) is 0 Å². The lowest BCUT2D eigenvalue weighted by Crippen LogP contribution is -2.09. The van der Waals surface area contributed by atoms with E-state index in [2.05, 4.69) is 10.5 Å². The monoisotopic (exact) mass is 99.1 g/mol. The second kappa shape index (κ2) is 1.82. The fourth-order valence-electron chi connectivity index (χ4n) is 0.361. The number of hydrogen-bond donors (Lipinski definition) is 2. The van der Waals surface area contributed by atoms with Crippen molar-refractivity contribution in [3.8, 4) is 0 Å². The SMILES string of the molecule is N/C=N\NC1CC1. The van der Waals surface area contributed by atoms with E-state index in [-0.39, 0.29) is 0 Å². The molecular weight excluding hydrogens is 90.1 g/mol. The Hall–Kier alpha value is -0.730. The molecule has 0 heterocycles. The molecule has 0 amide bonds. The minimum Gasteiger partial charge on any atom is -0.388 e. The molecule has 1 aliphatic rings. The topological polar surface area (TPSA) is 50.4 Å². The second-order valence-corrected chi connectivity index (χ2v) is 1.68. The van der Waals surface area contributed by atoms with Gasteiger partial charge in [0.1, 0.15) is 6.34 Å². The summed E-state index contributed by atoms with van der Waals surface area (Å²) in [5.74, 6) is 0. The molecule has 0 saturated heterocycles. The minimum absolute atomic E-state index is 0.625. The molecule has 3 N–H and O–H groups in total. The summed E-state index contributed by atoms with van der Waals surface area (Å²) in [6.07, 6.45) is 3.77. The highest BCUT2D eigenvalue weighted by atomic mass is 15.3. The van der Waals surface area contributed by atoms with Crippen molar-refractivity contribution >= 4 is 6.34 Å². The molecule has 40 valence electrons. The summed E-state index contributed by atoms with van der Waals surface area (Å²) >= 11 is 0. The molecular formula is C4H9N3. The lowest BCUT2D eigenvalue weighted by molar-refractivity contribution is 0.740. The highest BCUT2D eigenvalue weighted by Gasteiger charge is 2.19. The van der Waals surface area contributed by atoms with Crippen LogP contribution in [-0.2, 0) is 0 Å². The van der Waals surface area contributed by atoms with E-state index in [0.717, 1.165) is 0 Å². The minimum atomic E-state index is 0.625. The first-order chi connectivity index (χ1) is 3.43. The molecule has 7 heavy (non-hydrogen) atoms. The van der Waals surface area contributed by atoms with Gasteiger partial charge in [0.25, 0.3) is 0 Å². The normalized spacial score (nSPS) is 20.6. The van der Waals surface area contributed by atoms with E-state index in [4.69, 9.17) is 5.73 Å². The molecule has 1 fully saturated rings. The van der Waals surface area contributed by atoms with Crippen molar-refractivity contribution in [3.63, 3.8) is 0 Å². The van der Waals surface area contributed by atoms with Crippen molar-refractivity contribution in [1.29, 1.82) is 0 Å². The highest BCUT2D eigenvalue weighted by molar-refractivity contribution is 5.50. The van der Waals surface area contributed by atoms with Crippen molar-refractivity contribution < 1.29 is 0 Å². The molecule has 0 aromatic heterocycles. The van der Waals surface area contributed by atoms with Crippen LogP contribution in [0.3, 0.4) is 0 Å². The molecule has 0 atom stereocenters. The van der Waals surface area contributed by atoms with Gasteiger partial charge in [-0.05, 0) is 12.8 Å². The third kappa shape index (κ3) is 1.43. The largest absolute Gasteiger partial charge is 0.388 e. The first kappa shape index (κ1) is 4.43. The summed E-state index contributed by atoms with van der Waals surface area (Å²) in [6.45, 7) is 0. The molecule has 1 rings (SSSR count). The predicted octanol–water partition coefficient (Wildman–Crippen LogP) is -0.360. The van der Waals surface area contributed by atoms with Crippen LogP contribution in [0.2, 0.25) is 0 Å². The van der Waals surface area contributed by atoms with Crippen LogP contribution in [0, 0.1) is 0 Å². The molecule has 0 radical (unpaired) electrons. The van der Waals surface area contributed by atoms with Crippen LogP contribution in [0.5, 0.6) is 0 Å². The van der Waals surface area contributed by atoms with E-state index in [1.165, 1.54) is 19.2 Å². The van der Waals surface area contributed by atoms with Crippen LogP contribution in [-0.4, -0.2) is 12.4 Å². The molecule has 0 aliphatic heterocycles. The van der Waals surface area contributed by atoms with E-state index < -0.39 is 0 Å². The standard InChI is InChI=1S/C4H9N3/c5-3-6-7-4-1-2-4/h3-4,7H,1-2H2,(H2,5,6). The van der Waals surface area contributed by atoms with Gasteiger partial charge >= 0.3 is 0 Å². The summed E-state index contributed by atoms with van der Waals surface area (Å²) < 4.78 is 0. The average molecular weight is 99.1 g/mol. The molecule has 0 spiro atoms. The number of nitrogens with one attached hydrogen (secondary N) is 1. The first-order valence-corrected chi connectivity index (χ1v) is 2.42. The van der Waals surface area contributed by atoms with E-state index in [1.807, 2.05) is 0 Å². The van der Waals surface area contributed by atoms with Crippen LogP contribution < -0.4 is 11.2 Å². The van der Waals surface area contributed by atoms with Gasteiger partial charge in [0.15, 0.2) is 0 Å². The van der Waals surface area contributed by atoms with Crippen LogP contribution >= 0.6 is 0 Å². The van der Waals surface area contributed by atoms with Gasteiger partial charge in [0, 0.05) is 6.04 Å². The fraction of sp³-hybridized carbons (Fsp3) is 0.750. The van der Waals surface area contributed by atoms with Crippen molar-refractivity contribution in [2.45, 2.75) is 18.9 Å². The number of nitrogens with zero attached hydrogens (tertiary/aromatic N) is 1. The summed E-state index contributed by atoms with van der Waals surface area (Å²) in [7, 11) is 0. The molecule has 0 aromatic rings. The predicted molar refractivity (Wildman–Crippen MR) is 28.8 cm³/mol. The van der Waals surface area contributed by atoms with Crippen LogP contribution in [0.25, 0.3) is 0 Å². The van der Waals surface area contributed by atoms with Gasteiger partial charge in [-0.15, -0.1) is 0 Å². The maximum Gasteiger partial charge on any atom is 0.106 e. The molecule has 0 bridgehead atoms. The van der Waals surface area contributed by atoms with Gasteiger partial charge in [-0.2, -0.15) is 5.10 Å². The van der Waals surface area contributed by atoms with Crippen LogP contribution in [0.15, 0.2) is 5.10 Å². The Labute approximate surface area is 42.6 Å². The maximum atomic E-state index is 4.95. The van der Waals surface area contributed by atoms with Crippen molar-refractivity contribution in [1.82, 2.24) is 5.43 Å². The van der Waals surface area contributed by atoms with Gasteiger partial charge in [0.2, 0.25) is 0 Å². The Kier molecular flexibility index (Phi) is 1.15. The average Bonchev–Trinajstić information content (AvgIpc) is 2.42. The third-order valence-electron chi connectivity index (χ3n) is 0.909. The molecule has 1 aliphatic carbocycles. The van der Waals surface area contributed by atoms with Crippen LogP contribution in [0.1, 0.15) is 12.8 Å². The summed E-state index contributed by atoms with van der Waals surface area (Å²) in [5, 5.41) is 3.64. The zero-order valence-electron chi connectivity index (χ0n) is 4.09. The maximum absolute atomic E-state index is 4.95. The fourth-order valence-corrected chi connectivity index (χ4v) is 0.361. The zero-order valence-corrected chi connectivity index (χ0v) is 4.09. The van der Waals surface area contributed by atoms with Gasteiger partial charge in [0.05, 0.1) is 0 Å². The third-order valence-corrected chi connectivity index (χ3v) is 0.909. The van der Waals surface area contributed by atoms with Gasteiger partial charge < -0.3 is 11.2 Å². The Bertz CT molecular complexity index is 75.0. The van der Waals surface area contributed by atoms with Gasteiger partial charge in [-0.25, -0.2) is 0 Å². The lowest BCUT2D eigenvalue weighted by atomic mass is 10.8. The summed E-state index contributed by atoms with van der Waals surface area (Å²) in [5.41, 5.74) is 7.80. The molecule has 0 unspecified atom stereocenters. The second-order valence-electron chi connectivity index (χ2n) is 1.68. The Balaban J connectivity index is 1.98. The van der Waals surface area contributed by atoms with E-state index >= 15 is 0 Å². The Morgan fingerprint density at radius 2 is 2.43 bits per heavy atom. The molecule has 0 aromatic carbocycles. The molecule has 3 nitrogen and oxygen atoms in total. The molecule has 3 heteroatoms. The number of rotatable bonds is 2. The smallest absolute Gasteiger partial charge is 0.106 e. The van der Waals surface area contributed by atoms with Crippen LogP contribution in [0.4, 0.5) is 0 Å². The van der Waals surface area contributed by atoms with E-state index in [1.54, 1.807) is 0 Å². The van der Waals surface area contributed by atoms with Crippen molar-refractivity contribution in [3.05, 3.63) is 0 Å². The number of hydrazone groups is 1. The lowest BCUT2D eigenvalue weighted by Gasteiger charge is -1.88. The van der Waals surface area contributed by atoms with Gasteiger partial charge in [-0.3, -0.25) is 0 Å². The Morgan fingerprint density at radius 1 is 1.71 bits per heavy atom. The highest BCUT2D eigenvalue weighted by Crippen LogP contribution is 2.17. The van der Waals surface area contributed by atoms with Crippen molar-refractivity contribution in [2.24, 2.45) is 10.8 Å². The number of hydrogen-bond acceptors (Lipinski definition) is 2. The quantitative estimate of drug-likeness (QED) is 0.282. The number of nitrogens with two attached hydrogens (primary N) is 1. The first-order valence-electron chi connectivity index (χ1n) is 2.42. The van der Waals surface area contributed by atoms with Gasteiger partial charge in [-0.1, -0.05) is 0 Å². The van der Waals surface area contributed by atoms with E-state index in [0.29, 0.717) is 6.04 Å². The summed E-state index contributed by atoms with van der Waals surface area (Å²) in [4.78, 5) is 0. The zero-order chi connectivity index (χ0) is 5.11. The summed E-state index contributed by atoms with van der Waals surface area (Å²) in [6, 6.07) is 0.625. The Morgan fingerprint density at radius 3 is 2.86 bits per heavy atom. The molecule has 1 saturated carbocycles. The van der Waals surface area contributed by atoms with Crippen molar-refractivity contribution in [2.75, 3.05) is 0 Å².